The van der Waals surface area contributed by atoms with Crippen LogP contribution in [-0.4, -0.2) is 77.5 Å². The minimum Gasteiger partial charge on any atom is -0.545 e. The van der Waals surface area contributed by atoms with Crippen molar-refractivity contribution in [1.82, 2.24) is 0 Å². The fourth-order valence-corrected chi connectivity index (χ4v) is 9.52. The van der Waals surface area contributed by atoms with Gasteiger partial charge in [0, 0.05) is 9.79 Å². The Morgan fingerprint density at radius 1 is 0.355 bits per heavy atom. The lowest BCUT2D eigenvalue weighted by molar-refractivity contribution is -0.929. The maximum absolute atomic E-state index is 12.2. The third-order valence-corrected chi connectivity index (χ3v) is 13.9. The SMILES string of the molecule is CCCCC[N+](CCCCC)(CCCCC)CCCCC.CCCCC[N+](CCCCC)(CCCCC)CCCCC.O=C([O-])c1ccc(S(=O)c2ccc(C(=O)[O-])cc2)cc1. The maximum Gasteiger partial charge on any atom is 0.0849 e. The zero-order valence-electron chi connectivity index (χ0n) is 41.6. The molecule has 0 unspecified atom stereocenters. The van der Waals surface area contributed by atoms with E-state index in [2.05, 4.69) is 55.4 Å². The quantitative estimate of drug-likeness (QED) is 0.0501. The van der Waals surface area contributed by atoms with Crippen LogP contribution in [0.1, 0.15) is 230 Å². The molecule has 7 nitrogen and oxygen atoms in total. The summed E-state index contributed by atoms with van der Waals surface area (Å²) in [5.41, 5.74) is -0.00361. The molecule has 0 spiro atoms. The van der Waals surface area contributed by atoms with Gasteiger partial charge in [0.15, 0.2) is 0 Å². The molecule has 2 aromatic rings. The zero-order chi connectivity index (χ0) is 46.3. The lowest BCUT2D eigenvalue weighted by Crippen LogP contribution is -2.50. The molecular formula is C54H96N2O5S. The van der Waals surface area contributed by atoms with Gasteiger partial charge in [0.05, 0.1) is 75.1 Å². The summed E-state index contributed by atoms with van der Waals surface area (Å²) in [6, 6.07) is 10.9. The van der Waals surface area contributed by atoms with E-state index in [0.29, 0.717) is 9.79 Å². The van der Waals surface area contributed by atoms with E-state index >= 15 is 0 Å². The van der Waals surface area contributed by atoms with E-state index in [0.717, 1.165) is 0 Å². The normalized spacial score (nSPS) is 11.5. The number of quaternary nitrogens is 2. The number of nitrogens with zero attached hydrogens (tertiary/aromatic N) is 2. The van der Waals surface area contributed by atoms with Crippen molar-refractivity contribution in [1.29, 1.82) is 0 Å². The Morgan fingerprint density at radius 2 is 0.532 bits per heavy atom. The summed E-state index contributed by atoms with van der Waals surface area (Å²) in [5, 5.41) is 21.2. The maximum atomic E-state index is 12.2. The first-order valence-corrected chi connectivity index (χ1v) is 26.9. The molecule has 0 saturated carbocycles. The summed E-state index contributed by atoms with van der Waals surface area (Å²) in [6.07, 6.45) is 33.8. The second-order valence-electron chi connectivity index (χ2n) is 18.0. The Bertz CT molecular complexity index is 1190. The second-order valence-corrected chi connectivity index (χ2v) is 19.5. The Labute approximate surface area is 385 Å². The average molecular weight is 885 g/mol. The van der Waals surface area contributed by atoms with Gasteiger partial charge < -0.3 is 28.8 Å². The van der Waals surface area contributed by atoms with Crippen LogP contribution in [-0.2, 0) is 10.8 Å². The van der Waals surface area contributed by atoms with E-state index in [1.807, 2.05) is 0 Å². The molecule has 0 heterocycles. The molecule has 0 saturated heterocycles. The minimum absolute atomic E-state index is 0.00181. The third kappa shape index (κ3) is 27.6. The molecule has 62 heavy (non-hydrogen) atoms. The first-order chi connectivity index (χ1) is 30.0. The van der Waals surface area contributed by atoms with Gasteiger partial charge in [0.2, 0.25) is 0 Å². The number of rotatable bonds is 36. The van der Waals surface area contributed by atoms with Crippen molar-refractivity contribution in [2.75, 3.05) is 52.4 Å². The van der Waals surface area contributed by atoms with Crippen molar-refractivity contribution < 1.29 is 33.0 Å². The van der Waals surface area contributed by atoms with Gasteiger partial charge in [-0.2, -0.15) is 0 Å². The predicted octanol–water partition coefficient (Wildman–Crippen LogP) is 12.7. The molecule has 2 aromatic carbocycles. The molecule has 0 radical (unpaired) electrons. The largest absolute Gasteiger partial charge is 0.545 e. The van der Waals surface area contributed by atoms with E-state index in [1.165, 1.54) is 264 Å². The highest BCUT2D eigenvalue weighted by atomic mass is 32.2. The van der Waals surface area contributed by atoms with Gasteiger partial charge >= 0.3 is 0 Å². The van der Waals surface area contributed by atoms with Crippen LogP contribution in [0.5, 0.6) is 0 Å². The lowest BCUT2D eigenvalue weighted by Gasteiger charge is -2.39. The molecule has 2 rings (SSSR count). The first-order valence-electron chi connectivity index (χ1n) is 25.7. The number of hydrogen-bond donors (Lipinski definition) is 0. The summed E-state index contributed by atoms with van der Waals surface area (Å²) in [6.45, 7) is 30.3. The van der Waals surface area contributed by atoms with Gasteiger partial charge in [-0.25, -0.2) is 4.21 Å². The standard InChI is InChI=1S/2C20H44N.C14H10O5S/c2*1-5-9-13-17-21(18-14-10-6-2,19-15-11-7-3)20-16-12-8-4;15-13(16)9-1-5-11(6-2-9)20(19)12-7-3-10(4-8-12)14(17)18/h2*5-20H2,1-4H3;1-8H,(H,15,16)(H,17,18)/q2*+1;/p-2. The molecule has 0 aliphatic rings. The van der Waals surface area contributed by atoms with Crippen LogP contribution in [0.3, 0.4) is 0 Å². The molecule has 0 bridgehead atoms. The van der Waals surface area contributed by atoms with Crippen LogP contribution in [0, 0.1) is 0 Å². The number of carbonyl (C=O) groups excluding carboxylic acids is 2. The molecule has 0 aliphatic heterocycles. The fourth-order valence-electron chi connectivity index (χ4n) is 8.48. The highest BCUT2D eigenvalue weighted by Crippen LogP contribution is 2.21. The number of carboxylic acid groups (broad SMARTS) is 2. The van der Waals surface area contributed by atoms with Gasteiger partial charge in [-0.1, -0.05) is 131 Å². The number of hydrogen-bond acceptors (Lipinski definition) is 5. The molecule has 0 atom stereocenters. The van der Waals surface area contributed by atoms with E-state index < -0.39 is 22.7 Å². The zero-order valence-corrected chi connectivity index (χ0v) is 42.4. The molecular weight excluding hydrogens is 789 g/mol. The van der Waals surface area contributed by atoms with Crippen LogP contribution in [0.15, 0.2) is 58.3 Å². The Kier molecular flexibility index (Phi) is 37.3. The molecule has 358 valence electrons. The van der Waals surface area contributed by atoms with Crippen LogP contribution >= 0.6 is 0 Å². The molecule has 0 aliphatic carbocycles. The van der Waals surface area contributed by atoms with Gasteiger partial charge in [0.1, 0.15) is 0 Å². The smallest absolute Gasteiger partial charge is 0.0849 e. The Balaban J connectivity index is 0.000000900. The van der Waals surface area contributed by atoms with Crippen LogP contribution in [0.2, 0.25) is 0 Å². The van der Waals surface area contributed by atoms with Crippen LogP contribution in [0.25, 0.3) is 0 Å². The van der Waals surface area contributed by atoms with E-state index in [9.17, 15) is 24.0 Å². The van der Waals surface area contributed by atoms with Gasteiger partial charge in [-0.15, -0.1) is 0 Å². The van der Waals surface area contributed by atoms with Gasteiger partial charge in [-0.3, -0.25) is 0 Å². The minimum atomic E-state index is -1.52. The molecule has 0 aromatic heterocycles. The highest BCUT2D eigenvalue weighted by molar-refractivity contribution is 7.85. The van der Waals surface area contributed by atoms with Crippen molar-refractivity contribution >= 4 is 22.7 Å². The summed E-state index contributed by atoms with van der Waals surface area (Å²) in [5.74, 6) is -2.61. The van der Waals surface area contributed by atoms with Gasteiger partial charge in [-0.05, 0) is 138 Å². The highest BCUT2D eigenvalue weighted by Gasteiger charge is 2.26. The van der Waals surface area contributed by atoms with Crippen molar-refractivity contribution in [2.24, 2.45) is 0 Å². The van der Waals surface area contributed by atoms with Crippen LogP contribution in [0.4, 0.5) is 0 Å². The predicted molar refractivity (Wildman–Crippen MR) is 262 cm³/mol. The first kappa shape index (κ1) is 59.5. The number of carboxylic acids is 2. The Morgan fingerprint density at radius 3 is 0.677 bits per heavy atom. The fraction of sp³-hybridized carbons (Fsp3) is 0.741. The van der Waals surface area contributed by atoms with Crippen LogP contribution < -0.4 is 10.2 Å². The summed E-state index contributed by atoms with van der Waals surface area (Å²) >= 11 is 0. The summed E-state index contributed by atoms with van der Waals surface area (Å²) in [4.78, 5) is 22.0. The monoisotopic (exact) mass is 885 g/mol. The molecule has 0 N–H and O–H groups in total. The third-order valence-electron chi connectivity index (χ3n) is 12.5. The summed E-state index contributed by atoms with van der Waals surface area (Å²) in [7, 11) is -1.52. The van der Waals surface area contributed by atoms with Crippen molar-refractivity contribution in [3.63, 3.8) is 0 Å². The number of benzene rings is 2. The molecule has 0 amide bonds. The second kappa shape index (κ2) is 38.9. The number of carbonyl (C=O) groups is 2. The Hall–Kier alpha value is -2.55. The lowest BCUT2D eigenvalue weighted by atomic mass is 10.1. The van der Waals surface area contributed by atoms with E-state index in [1.54, 1.807) is 0 Å². The molecule has 8 heteroatoms. The number of unbranched alkanes of at least 4 members (excludes halogenated alkanes) is 16. The topological polar surface area (TPSA) is 97.3 Å². The number of aromatic carboxylic acids is 2. The summed E-state index contributed by atoms with van der Waals surface area (Å²) < 4.78 is 15.1. The van der Waals surface area contributed by atoms with Gasteiger partial charge in [0.25, 0.3) is 0 Å². The van der Waals surface area contributed by atoms with Crippen molar-refractivity contribution in [3.05, 3.63) is 59.7 Å². The molecule has 0 fully saturated rings. The van der Waals surface area contributed by atoms with E-state index in [-0.39, 0.29) is 11.1 Å². The van der Waals surface area contributed by atoms with Crippen molar-refractivity contribution in [3.8, 4) is 0 Å². The van der Waals surface area contributed by atoms with Crippen molar-refractivity contribution in [2.45, 2.75) is 219 Å². The average Bonchev–Trinajstić information content (AvgIpc) is 3.27. The van der Waals surface area contributed by atoms with E-state index in [4.69, 9.17) is 0 Å².